The van der Waals surface area contributed by atoms with Crippen LogP contribution in [0.5, 0.6) is 0 Å². The summed E-state index contributed by atoms with van der Waals surface area (Å²) in [7, 11) is 0. The first kappa shape index (κ1) is 17.4. The second-order valence-corrected chi connectivity index (χ2v) is 6.84. The Bertz CT molecular complexity index is 834. The molecule has 0 bridgehead atoms. The zero-order valence-corrected chi connectivity index (χ0v) is 15.0. The van der Waals surface area contributed by atoms with Crippen molar-refractivity contribution in [3.8, 4) is 0 Å². The van der Waals surface area contributed by atoms with Crippen LogP contribution in [0.4, 0.5) is 0 Å². The molecule has 3 aromatic rings. The largest absolute Gasteiger partial charge is 0.372 e. The number of likely N-dealkylation sites (tertiary alicyclic amines) is 1. The molecule has 1 aromatic heterocycles. The number of carbonyl (C=O) groups excluding carboxylic acids is 1. The number of aromatic nitrogens is 3. The summed E-state index contributed by atoms with van der Waals surface area (Å²) in [6.07, 6.45) is 4.82. The van der Waals surface area contributed by atoms with Gasteiger partial charge in [0.1, 0.15) is 12.7 Å². The third-order valence-corrected chi connectivity index (χ3v) is 5.26. The van der Waals surface area contributed by atoms with Gasteiger partial charge < -0.3 is 10.0 Å². The molecular weight excluding hydrogens is 340 g/mol. The Morgan fingerprint density at radius 1 is 0.963 bits per heavy atom. The van der Waals surface area contributed by atoms with Crippen molar-refractivity contribution >= 4 is 5.91 Å². The van der Waals surface area contributed by atoms with E-state index in [1.165, 1.54) is 6.33 Å². The van der Waals surface area contributed by atoms with Gasteiger partial charge in [-0.15, -0.1) is 0 Å². The highest BCUT2D eigenvalue weighted by molar-refractivity contribution is 5.90. The van der Waals surface area contributed by atoms with Gasteiger partial charge in [0.2, 0.25) is 0 Å². The minimum Gasteiger partial charge on any atom is -0.372 e. The molecule has 1 aliphatic rings. The molecule has 0 spiro atoms. The van der Waals surface area contributed by atoms with Crippen LogP contribution in [0.3, 0.4) is 0 Å². The quantitative estimate of drug-likeness (QED) is 0.774. The van der Waals surface area contributed by atoms with Crippen molar-refractivity contribution in [3.05, 3.63) is 84.4 Å². The average Bonchev–Trinajstić information content (AvgIpc) is 3.29. The Hall–Kier alpha value is -2.99. The molecule has 1 amide bonds. The summed E-state index contributed by atoms with van der Waals surface area (Å²) in [6.45, 7) is 1.15. The van der Waals surface area contributed by atoms with Crippen molar-refractivity contribution in [1.82, 2.24) is 19.7 Å². The van der Waals surface area contributed by atoms with Crippen molar-refractivity contribution in [2.75, 3.05) is 13.1 Å². The molecule has 0 saturated carbocycles. The van der Waals surface area contributed by atoms with Crippen LogP contribution >= 0.6 is 0 Å². The Morgan fingerprint density at radius 2 is 1.52 bits per heavy atom. The molecule has 4 rings (SSSR count). The maximum absolute atomic E-state index is 13.5. The standard InChI is InChI=1S/C21H22N4O2/c26-20(24-13-11-19(12-14-24)25-16-22-15-23-25)21(27,17-7-3-1-4-8-17)18-9-5-2-6-10-18/h1-10,15-16,19,27H,11-14H2. The topological polar surface area (TPSA) is 71.2 Å². The minimum atomic E-state index is -1.69. The fourth-order valence-electron chi connectivity index (χ4n) is 3.74. The van der Waals surface area contributed by atoms with Gasteiger partial charge >= 0.3 is 0 Å². The number of amides is 1. The van der Waals surface area contributed by atoms with Gasteiger partial charge in [0.05, 0.1) is 6.04 Å². The van der Waals surface area contributed by atoms with Crippen molar-refractivity contribution in [2.24, 2.45) is 0 Å². The number of hydrogen-bond donors (Lipinski definition) is 1. The van der Waals surface area contributed by atoms with Crippen LogP contribution in [0.15, 0.2) is 73.3 Å². The maximum atomic E-state index is 13.5. The lowest BCUT2D eigenvalue weighted by atomic mass is 9.84. The smallest absolute Gasteiger partial charge is 0.263 e. The van der Waals surface area contributed by atoms with Crippen molar-refractivity contribution < 1.29 is 9.90 Å². The van der Waals surface area contributed by atoms with E-state index in [2.05, 4.69) is 10.1 Å². The number of nitrogens with zero attached hydrogens (tertiary/aromatic N) is 4. The molecule has 1 N–H and O–H groups in total. The first-order valence-electron chi connectivity index (χ1n) is 9.16. The molecule has 27 heavy (non-hydrogen) atoms. The van der Waals surface area contributed by atoms with E-state index in [1.54, 1.807) is 35.5 Å². The third kappa shape index (κ3) is 3.24. The normalized spacial score (nSPS) is 15.7. The molecule has 6 nitrogen and oxygen atoms in total. The highest BCUT2D eigenvalue weighted by atomic mass is 16.3. The summed E-state index contributed by atoms with van der Waals surface area (Å²) >= 11 is 0. The Kier molecular flexibility index (Phi) is 4.73. The first-order chi connectivity index (χ1) is 13.2. The van der Waals surface area contributed by atoms with Gasteiger partial charge in [-0.05, 0) is 24.0 Å². The van der Waals surface area contributed by atoms with Crippen LogP contribution in [-0.4, -0.2) is 43.8 Å². The van der Waals surface area contributed by atoms with E-state index in [0.29, 0.717) is 24.2 Å². The Balaban J connectivity index is 1.61. The molecule has 0 radical (unpaired) electrons. The molecule has 0 aliphatic carbocycles. The van der Waals surface area contributed by atoms with E-state index in [0.717, 1.165) is 12.8 Å². The molecule has 2 heterocycles. The zero-order chi connectivity index (χ0) is 18.7. The van der Waals surface area contributed by atoms with Gasteiger partial charge in [0.25, 0.3) is 5.91 Å². The molecule has 0 unspecified atom stereocenters. The van der Waals surface area contributed by atoms with Crippen LogP contribution < -0.4 is 0 Å². The third-order valence-electron chi connectivity index (χ3n) is 5.26. The molecule has 1 aliphatic heterocycles. The van der Waals surface area contributed by atoms with E-state index >= 15 is 0 Å². The average molecular weight is 362 g/mol. The SMILES string of the molecule is O=C(N1CCC(n2cncn2)CC1)C(O)(c1ccccc1)c1ccccc1. The number of benzene rings is 2. The molecule has 1 fully saturated rings. The Labute approximate surface area is 158 Å². The van der Waals surface area contributed by atoms with Gasteiger partial charge in [-0.1, -0.05) is 60.7 Å². The van der Waals surface area contributed by atoms with Gasteiger partial charge in [0, 0.05) is 13.1 Å². The summed E-state index contributed by atoms with van der Waals surface area (Å²) in [5, 5.41) is 15.8. The van der Waals surface area contributed by atoms with Gasteiger partial charge in [-0.3, -0.25) is 4.79 Å². The second-order valence-electron chi connectivity index (χ2n) is 6.84. The predicted octanol–water partition coefficient (Wildman–Crippen LogP) is 2.38. The number of rotatable bonds is 4. The van der Waals surface area contributed by atoms with Crippen molar-refractivity contribution in [2.45, 2.75) is 24.5 Å². The molecule has 0 atom stereocenters. The van der Waals surface area contributed by atoms with Crippen LogP contribution in [0.1, 0.15) is 30.0 Å². The van der Waals surface area contributed by atoms with Crippen LogP contribution in [0.25, 0.3) is 0 Å². The lowest BCUT2D eigenvalue weighted by molar-refractivity contribution is -0.149. The maximum Gasteiger partial charge on any atom is 0.263 e. The molecule has 138 valence electrons. The molecule has 6 heteroatoms. The van der Waals surface area contributed by atoms with Crippen LogP contribution in [-0.2, 0) is 10.4 Å². The van der Waals surface area contributed by atoms with Crippen LogP contribution in [0.2, 0.25) is 0 Å². The highest BCUT2D eigenvalue weighted by Crippen LogP contribution is 2.33. The van der Waals surface area contributed by atoms with E-state index in [1.807, 2.05) is 41.1 Å². The monoisotopic (exact) mass is 362 g/mol. The molecule has 2 aromatic carbocycles. The van der Waals surface area contributed by atoms with Gasteiger partial charge in [0.15, 0.2) is 5.60 Å². The fraction of sp³-hybridized carbons (Fsp3) is 0.286. The lowest BCUT2D eigenvalue weighted by Gasteiger charge is -2.38. The van der Waals surface area contributed by atoms with Crippen LogP contribution in [0, 0.1) is 0 Å². The van der Waals surface area contributed by atoms with E-state index in [-0.39, 0.29) is 11.9 Å². The predicted molar refractivity (Wildman–Crippen MR) is 101 cm³/mol. The van der Waals surface area contributed by atoms with Crippen molar-refractivity contribution in [1.29, 1.82) is 0 Å². The summed E-state index contributed by atoms with van der Waals surface area (Å²) in [4.78, 5) is 19.2. The number of piperidine rings is 1. The van der Waals surface area contributed by atoms with Gasteiger partial charge in [-0.2, -0.15) is 5.10 Å². The summed E-state index contributed by atoms with van der Waals surface area (Å²) in [5.74, 6) is -0.281. The Morgan fingerprint density at radius 3 is 2.00 bits per heavy atom. The summed E-state index contributed by atoms with van der Waals surface area (Å²) < 4.78 is 1.85. The molecular formula is C21H22N4O2. The lowest BCUT2D eigenvalue weighted by Crippen LogP contribution is -2.50. The van der Waals surface area contributed by atoms with E-state index < -0.39 is 5.60 Å². The highest BCUT2D eigenvalue weighted by Gasteiger charge is 2.43. The zero-order valence-electron chi connectivity index (χ0n) is 15.0. The second kappa shape index (κ2) is 7.32. The first-order valence-corrected chi connectivity index (χ1v) is 9.16. The molecule has 1 saturated heterocycles. The van der Waals surface area contributed by atoms with E-state index in [9.17, 15) is 9.90 Å². The van der Waals surface area contributed by atoms with E-state index in [4.69, 9.17) is 0 Å². The van der Waals surface area contributed by atoms with Gasteiger partial charge in [-0.25, -0.2) is 9.67 Å². The summed E-state index contributed by atoms with van der Waals surface area (Å²) in [5.41, 5.74) is -0.526. The summed E-state index contributed by atoms with van der Waals surface area (Å²) in [6, 6.07) is 18.5. The number of carbonyl (C=O) groups is 1. The number of hydrogen-bond acceptors (Lipinski definition) is 4. The number of aliphatic hydroxyl groups is 1. The fourth-order valence-corrected chi connectivity index (χ4v) is 3.74. The van der Waals surface area contributed by atoms with Crippen molar-refractivity contribution in [3.63, 3.8) is 0 Å². The minimum absolute atomic E-state index is 0.234.